The van der Waals surface area contributed by atoms with E-state index in [0.717, 1.165) is 18.7 Å². The third-order valence-corrected chi connectivity index (χ3v) is 5.02. The Hall–Kier alpha value is -1.05. The first kappa shape index (κ1) is 13.4. The molecule has 1 atom stereocenters. The molecule has 100 valence electrons. The second-order valence-electron chi connectivity index (χ2n) is 4.24. The fraction of sp³-hybridized carbons (Fsp3) is 0.455. The molecular formula is C11H14F2N2O2S. The molecule has 1 aliphatic rings. The van der Waals surface area contributed by atoms with Crippen LogP contribution in [0.15, 0.2) is 23.1 Å². The van der Waals surface area contributed by atoms with Crippen LogP contribution in [0.1, 0.15) is 6.42 Å². The Morgan fingerprint density at radius 1 is 1.33 bits per heavy atom. The summed E-state index contributed by atoms with van der Waals surface area (Å²) in [6, 6.07) is 2.46. The number of benzene rings is 1. The van der Waals surface area contributed by atoms with E-state index in [9.17, 15) is 17.2 Å². The summed E-state index contributed by atoms with van der Waals surface area (Å²) in [4.78, 5) is -0.226. The van der Waals surface area contributed by atoms with Crippen molar-refractivity contribution in [2.24, 2.45) is 0 Å². The fourth-order valence-electron chi connectivity index (χ4n) is 1.95. The van der Waals surface area contributed by atoms with Crippen molar-refractivity contribution in [2.75, 3.05) is 20.1 Å². The van der Waals surface area contributed by atoms with Crippen LogP contribution in [-0.4, -0.2) is 38.9 Å². The number of likely N-dealkylation sites (N-methyl/N-ethyl adjacent to an activating group) is 1. The maximum Gasteiger partial charge on any atom is 0.243 e. The first-order chi connectivity index (χ1) is 8.43. The van der Waals surface area contributed by atoms with Gasteiger partial charge in [-0.3, -0.25) is 0 Å². The highest BCUT2D eigenvalue weighted by Crippen LogP contribution is 2.20. The maximum atomic E-state index is 13.1. The number of hydrogen-bond acceptors (Lipinski definition) is 3. The first-order valence-electron chi connectivity index (χ1n) is 5.57. The molecule has 1 saturated heterocycles. The Morgan fingerprint density at radius 2 is 2.06 bits per heavy atom. The van der Waals surface area contributed by atoms with Crippen LogP contribution in [0.3, 0.4) is 0 Å². The fourth-order valence-corrected chi connectivity index (χ4v) is 3.35. The molecule has 18 heavy (non-hydrogen) atoms. The molecule has 1 aliphatic heterocycles. The van der Waals surface area contributed by atoms with Crippen molar-refractivity contribution in [3.05, 3.63) is 29.8 Å². The van der Waals surface area contributed by atoms with Gasteiger partial charge < -0.3 is 5.32 Å². The van der Waals surface area contributed by atoms with E-state index in [2.05, 4.69) is 5.32 Å². The number of nitrogens with zero attached hydrogens (tertiary/aromatic N) is 1. The van der Waals surface area contributed by atoms with Gasteiger partial charge >= 0.3 is 0 Å². The highest BCUT2D eigenvalue weighted by molar-refractivity contribution is 7.89. The summed E-state index contributed by atoms with van der Waals surface area (Å²) < 4.78 is 51.5. The number of sulfonamides is 1. The Kier molecular flexibility index (Phi) is 3.65. The first-order valence-corrected chi connectivity index (χ1v) is 7.01. The van der Waals surface area contributed by atoms with E-state index < -0.39 is 21.7 Å². The number of rotatable bonds is 3. The topological polar surface area (TPSA) is 49.4 Å². The minimum atomic E-state index is -3.78. The number of halogens is 2. The summed E-state index contributed by atoms with van der Waals surface area (Å²) in [6.45, 7) is 1.32. The van der Waals surface area contributed by atoms with Crippen molar-refractivity contribution in [3.8, 4) is 0 Å². The van der Waals surface area contributed by atoms with Crippen LogP contribution in [-0.2, 0) is 10.0 Å². The van der Waals surface area contributed by atoms with E-state index in [-0.39, 0.29) is 10.9 Å². The van der Waals surface area contributed by atoms with Crippen molar-refractivity contribution in [1.29, 1.82) is 0 Å². The van der Waals surface area contributed by atoms with Crippen LogP contribution in [0.25, 0.3) is 0 Å². The SMILES string of the molecule is CN(C1CCNC1)S(=O)(=O)c1ccc(F)c(F)c1. The molecule has 7 heteroatoms. The molecule has 0 bridgehead atoms. The van der Waals surface area contributed by atoms with Gasteiger partial charge in [-0.05, 0) is 31.2 Å². The van der Waals surface area contributed by atoms with Crippen LogP contribution in [0, 0.1) is 11.6 Å². The van der Waals surface area contributed by atoms with Gasteiger partial charge in [-0.25, -0.2) is 17.2 Å². The zero-order valence-electron chi connectivity index (χ0n) is 9.86. The largest absolute Gasteiger partial charge is 0.315 e. The third-order valence-electron chi connectivity index (χ3n) is 3.12. The van der Waals surface area contributed by atoms with Crippen molar-refractivity contribution in [1.82, 2.24) is 9.62 Å². The van der Waals surface area contributed by atoms with Crippen LogP contribution in [0.2, 0.25) is 0 Å². The van der Waals surface area contributed by atoms with Crippen LogP contribution in [0.5, 0.6) is 0 Å². The van der Waals surface area contributed by atoms with Gasteiger partial charge in [0.1, 0.15) is 0 Å². The molecule has 0 saturated carbocycles. The molecule has 1 unspecified atom stereocenters. The molecule has 0 amide bonds. The predicted molar refractivity (Wildman–Crippen MR) is 62.6 cm³/mol. The van der Waals surface area contributed by atoms with E-state index in [0.29, 0.717) is 19.0 Å². The third kappa shape index (κ3) is 2.38. The quantitative estimate of drug-likeness (QED) is 0.894. The lowest BCUT2D eigenvalue weighted by molar-refractivity contribution is 0.387. The van der Waals surface area contributed by atoms with Gasteiger partial charge in [0.2, 0.25) is 10.0 Å². The highest BCUT2D eigenvalue weighted by atomic mass is 32.2. The second kappa shape index (κ2) is 4.91. The monoisotopic (exact) mass is 276 g/mol. The average Bonchev–Trinajstić information content (AvgIpc) is 2.85. The molecule has 0 aliphatic carbocycles. The van der Waals surface area contributed by atoms with Gasteiger partial charge in [0.15, 0.2) is 11.6 Å². The Bertz CT molecular complexity index is 542. The lowest BCUT2D eigenvalue weighted by atomic mass is 10.3. The Balaban J connectivity index is 2.32. The number of hydrogen-bond donors (Lipinski definition) is 1. The lowest BCUT2D eigenvalue weighted by Gasteiger charge is -2.23. The lowest BCUT2D eigenvalue weighted by Crippen LogP contribution is -2.38. The van der Waals surface area contributed by atoms with Crippen molar-refractivity contribution < 1.29 is 17.2 Å². The van der Waals surface area contributed by atoms with Gasteiger partial charge in [0.25, 0.3) is 0 Å². The van der Waals surface area contributed by atoms with E-state index in [1.54, 1.807) is 0 Å². The molecule has 0 aromatic heterocycles. The van der Waals surface area contributed by atoms with Crippen molar-refractivity contribution in [2.45, 2.75) is 17.4 Å². The van der Waals surface area contributed by atoms with Crippen molar-refractivity contribution >= 4 is 10.0 Å². The van der Waals surface area contributed by atoms with E-state index >= 15 is 0 Å². The molecule has 1 N–H and O–H groups in total. The minimum Gasteiger partial charge on any atom is -0.315 e. The highest BCUT2D eigenvalue weighted by Gasteiger charge is 2.30. The normalized spacial score (nSPS) is 20.6. The van der Waals surface area contributed by atoms with Gasteiger partial charge in [0.05, 0.1) is 4.90 Å². The van der Waals surface area contributed by atoms with Crippen LogP contribution >= 0.6 is 0 Å². The molecule has 1 heterocycles. The van der Waals surface area contributed by atoms with Gasteiger partial charge in [-0.1, -0.05) is 0 Å². The molecule has 1 aromatic rings. The second-order valence-corrected chi connectivity index (χ2v) is 6.24. The zero-order chi connectivity index (χ0) is 13.3. The van der Waals surface area contributed by atoms with E-state index in [1.807, 2.05) is 0 Å². The molecule has 1 fully saturated rings. The Morgan fingerprint density at radius 3 is 2.61 bits per heavy atom. The molecule has 2 rings (SSSR count). The Labute approximate surface area is 105 Å². The molecule has 0 spiro atoms. The standard InChI is InChI=1S/C11H14F2N2O2S/c1-15(8-4-5-14-7-8)18(16,17)9-2-3-10(12)11(13)6-9/h2-3,6,8,14H,4-5,7H2,1H3. The van der Waals surface area contributed by atoms with Gasteiger partial charge in [0, 0.05) is 19.6 Å². The van der Waals surface area contributed by atoms with E-state index in [4.69, 9.17) is 0 Å². The smallest absolute Gasteiger partial charge is 0.243 e. The summed E-state index contributed by atoms with van der Waals surface area (Å²) in [5, 5.41) is 3.06. The minimum absolute atomic E-state index is 0.150. The molecular weight excluding hydrogens is 262 g/mol. The predicted octanol–water partition coefficient (Wildman–Crippen LogP) is 0.947. The molecule has 0 radical (unpaired) electrons. The maximum absolute atomic E-state index is 13.1. The summed E-state index contributed by atoms with van der Waals surface area (Å²) in [5.74, 6) is -2.21. The van der Waals surface area contributed by atoms with Gasteiger partial charge in [-0.2, -0.15) is 4.31 Å². The molecule has 4 nitrogen and oxygen atoms in total. The van der Waals surface area contributed by atoms with Crippen LogP contribution in [0.4, 0.5) is 8.78 Å². The summed E-state index contributed by atoms with van der Waals surface area (Å²) >= 11 is 0. The van der Waals surface area contributed by atoms with E-state index in [1.165, 1.54) is 11.4 Å². The summed E-state index contributed by atoms with van der Waals surface area (Å²) in [7, 11) is -2.32. The summed E-state index contributed by atoms with van der Waals surface area (Å²) in [5.41, 5.74) is 0. The number of nitrogens with one attached hydrogen (secondary N) is 1. The average molecular weight is 276 g/mol. The van der Waals surface area contributed by atoms with Crippen molar-refractivity contribution in [3.63, 3.8) is 0 Å². The van der Waals surface area contributed by atoms with Crippen LogP contribution < -0.4 is 5.32 Å². The summed E-state index contributed by atoms with van der Waals surface area (Å²) in [6.07, 6.45) is 0.708. The zero-order valence-corrected chi connectivity index (χ0v) is 10.7. The van der Waals surface area contributed by atoms with Gasteiger partial charge in [-0.15, -0.1) is 0 Å². The molecule has 1 aromatic carbocycles.